The van der Waals surface area contributed by atoms with Gasteiger partial charge in [-0.15, -0.1) is 0 Å². The van der Waals surface area contributed by atoms with Gasteiger partial charge in [-0.1, -0.05) is 25.4 Å². The van der Waals surface area contributed by atoms with Crippen LogP contribution < -0.4 is 11.5 Å². The van der Waals surface area contributed by atoms with E-state index in [1.165, 1.54) is 6.07 Å². The summed E-state index contributed by atoms with van der Waals surface area (Å²) in [6.07, 6.45) is 0.672. The molecule has 17 heavy (non-hydrogen) atoms. The van der Waals surface area contributed by atoms with E-state index < -0.39 is 0 Å². The van der Waals surface area contributed by atoms with Gasteiger partial charge in [-0.05, 0) is 48.6 Å². The normalized spacial score (nSPS) is 13.8. The smallest absolute Gasteiger partial charge is 0.126 e. The summed E-state index contributed by atoms with van der Waals surface area (Å²) in [7, 11) is 0. The van der Waals surface area contributed by atoms with Gasteiger partial charge in [0.05, 0.1) is 0 Å². The fraction of sp³-hybridized carbons (Fsp3) is 0.538. The molecule has 0 aliphatic carbocycles. The fourth-order valence-corrected chi connectivity index (χ4v) is 2.09. The van der Waals surface area contributed by atoms with Gasteiger partial charge in [0.2, 0.25) is 0 Å². The monoisotopic (exact) mass is 258 g/mol. The Labute approximate surface area is 107 Å². The minimum atomic E-state index is -0.295. The molecule has 0 heterocycles. The number of hydrogen-bond donors (Lipinski definition) is 2. The molecule has 0 bridgehead atoms. The van der Waals surface area contributed by atoms with Crippen molar-refractivity contribution in [3.05, 3.63) is 34.1 Å². The maximum absolute atomic E-state index is 13.5. The summed E-state index contributed by atoms with van der Waals surface area (Å²) in [5.74, 6) is -0.273. The van der Waals surface area contributed by atoms with Crippen LogP contribution in [0.15, 0.2) is 12.1 Å². The van der Waals surface area contributed by atoms with Crippen molar-refractivity contribution in [3.63, 3.8) is 0 Å². The van der Waals surface area contributed by atoms with Gasteiger partial charge in [0, 0.05) is 11.1 Å². The van der Waals surface area contributed by atoms with Crippen molar-refractivity contribution < 1.29 is 4.39 Å². The molecule has 1 rings (SSSR count). The Morgan fingerprint density at radius 1 is 1.41 bits per heavy atom. The predicted octanol–water partition coefficient (Wildman–Crippen LogP) is 3.16. The van der Waals surface area contributed by atoms with Crippen LogP contribution in [0.3, 0.4) is 0 Å². The van der Waals surface area contributed by atoms with Crippen molar-refractivity contribution in [3.8, 4) is 0 Å². The molecule has 1 atom stereocenters. The Morgan fingerprint density at radius 3 is 2.53 bits per heavy atom. The van der Waals surface area contributed by atoms with Crippen molar-refractivity contribution in [2.75, 3.05) is 6.54 Å². The average Bonchev–Trinajstić information content (AvgIpc) is 2.22. The van der Waals surface area contributed by atoms with E-state index in [2.05, 4.69) is 0 Å². The molecule has 1 unspecified atom stereocenters. The number of benzene rings is 1. The zero-order chi connectivity index (χ0) is 13.2. The van der Waals surface area contributed by atoms with Crippen LogP contribution in [-0.2, 0) is 0 Å². The molecule has 0 saturated carbocycles. The van der Waals surface area contributed by atoms with Crippen molar-refractivity contribution in [1.82, 2.24) is 0 Å². The van der Waals surface area contributed by atoms with Crippen molar-refractivity contribution in [1.29, 1.82) is 0 Å². The molecular weight excluding hydrogens is 239 g/mol. The molecule has 0 amide bonds. The first-order chi connectivity index (χ1) is 7.76. The third kappa shape index (κ3) is 3.66. The second-order valence-electron chi connectivity index (χ2n) is 5.30. The van der Waals surface area contributed by atoms with Gasteiger partial charge in [-0.3, -0.25) is 0 Å². The van der Waals surface area contributed by atoms with Crippen LogP contribution in [-0.4, -0.2) is 6.54 Å². The van der Waals surface area contributed by atoms with Gasteiger partial charge in [0.15, 0.2) is 0 Å². The fourth-order valence-electron chi connectivity index (χ4n) is 1.73. The summed E-state index contributed by atoms with van der Waals surface area (Å²) < 4.78 is 13.5. The second-order valence-corrected chi connectivity index (χ2v) is 5.71. The first kappa shape index (κ1) is 14.4. The van der Waals surface area contributed by atoms with Crippen LogP contribution in [0.25, 0.3) is 0 Å². The van der Waals surface area contributed by atoms with Gasteiger partial charge in [0.25, 0.3) is 0 Å². The Kier molecular flexibility index (Phi) is 4.53. The third-order valence-electron chi connectivity index (χ3n) is 3.00. The molecule has 0 aliphatic rings. The van der Waals surface area contributed by atoms with Gasteiger partial charge in [-0.25, -0.2) is 4.39 Å². The number of hydrogen-bond acceptors (Lipinski definition) is 2. The SMILES string of the molecule is Cc1cc(Cl)c(C(N)CC(C)(C)CN)cc1F. The zero-order valence-corrected chi connectivity index (χ0v) is 11.3. The molecule has 0 radical (unpaired) electrons. The van der Waals surface area contributed by atoms with Crippen LogP contribution >= 0.6 is 11.6 Å². The van der Waals surface area contributed by atoms with Gasteiger partial charge in [-0.2, -0.15) is 0 Å². The lowest BCUT2D eigenvalue weighted by molar-refractivity contribution is 0.317. The lowest BCUT2D eigenvalue weighted by Crippen LogP contribution is -2.28. The summed E-state index contributed by atoms with van der Waals surface area (Å²) >= 11 is 6.09. The highest BCUT2D eigenvalue weighted by atomic mass is 35.5. The molecule has 1 aromatic rings. The summed E-state index contributed by atoms with van der Waals surface area (Å²) in [6, 6.07) is 2.74. The van der Waals surface area contributed by atoms with E-state index in [0.717, 1.165) is 0 Å². The van der Waals surface area contributed by atoms with Gasteiger partial charge < -0.3 is 11.5 Å². The zero-order valence-electron chi connectivity index (χ0n) is 10.6. The second kappa shape index (κ2) is 5.34. The van der Waals surface area contributed by atoms with E-state index in [1.54, 1.807) is 13.0 Å². The molecule has 0 fully saturated rings. The van der Waals surface area contributed by atoms with E-state index in [-0.39, 0.29) is 17.3 Å². The summed E-state index contributed by atoms with van der Waals surface area (Å²) in [5.41, 5.74) is 12.8. The van der Waals surface area contributed by atoms with Crippen LogP contribution in [0.1, 0.15) is 37.4 Å². The first-order valence-electron chi connectivity index (χ1n) is 5.68. The summed E-state index contributed by atoms with van der Waals surface area (Å²) in [5, 5.41) is 0.518. The van der Waals surface area contributed by atoms with Crippen molar-refractivity contribution in [2.45, 2.75) is 33.2 Å². The highest BCUT2D eigenvalue weighted by Crippen LogP contribution is 2.32. The molecule has 1 aromatic carbocycles. The van der Waals surface area contributed by atoms with E-state index in [1.807, 2.05) is 13.8 Å². The van der Waals surface area contributed by atoms with E-state index in [4.69, 9.17) is 23.1 Å². The number of rotatable bonds is 4. The number of nitrogens with two attached hydrogens (primary N) is 2. The molecule has 96 valence electrons. The van der Waals surface area contributed by atoms with Gasteiger partial charge in [0.1, 0.15) is 5.82 Å². The summed E-state index contributed by atoms with van der Waals surface area (Å²) in [4.78, 5) is 0. The predicted molar refractivity (Wildman–Crippen MR) is 70.5 cm³/mol. The Bertz CT molecular complexity index is 405. The molecular formula is C13H20ClFN2. The Morgan fingerprint density at radius 2 is 2.00 bits per heavy atom. The van der Waals surface area contributed by atoms with Crippen LogP contribution in [0.4, 0.5) is 4.39 Å². The van der Waals surface area contributed by atoms with Crippen molar-refractivity contribution >= 4 is 11.6 Å². The Hall–Kier alpha value is -0.640. The maximum Gasteiger partial charge on any atom is 0.126 e. The largest absolute Gasteiger partial charge is 0.330 e. The third-order valence-corrected chi connectivity index (χ3v) is 3.33. The quantitative estimate of drug-likeness (QED) is 0.872. The average molecular weight is 259 g/mol. The molecule has 0 saturated heterocycles. The summed E-state index contributed by atoms with van der Waals surface area (Å²) in [6.45, 7) is 6.28. The van der Waals surface area contributed by atoms with Crippen LogP contribution in [0, 0.1) is 18.2 Å². The lowest BCUT2D eigenvalue weighted by Gasteiger charge is -2.27. The van der Waals surface area contributed by atoms with E-state index in [9.17, 15) is 4.39 Å². The van der Waals surface area contributed by atoms with Gasteiger partial charge >= 0.3 is 0 Å². The first-order valence-corrected chi connectivity index (χ1v) is 6.06. The molecule has 0 aliphatic heterocycles. The molecule has 0 aromatic heterocycles. The Balaban J connectivity index is 2.97. The number of aryl methyl sites for hydroxylation is 1. The molecule has 4 heteroatoms. The minimum absolute atomic E-state index is 0.0793. The number of halogens is 2. The van der Waals surface area contributed by atoms with Crippen LogP contribution in [0.2, 0.25) is 5.02 Å². The lowest BCUT2D eigenvalue weighted by atomic mass is 9.84. The maximum atomic E-state index is 13.5. The minimum Gasteiger partial charge on any atom is -0.330 e. The van der Waals surface area contributed by atoms with E-state index in [0.29, 0.717) is 29.1 Å². The van der Waals surface area contributed by atoms with Crippen LogP contribution in [0.5, 0.6) is 0 Å². The topological polar surface area (TPSA) is 52.0 Å². The standard InChI is InChI=1S/C13H20ClFN2/c1-8-4-10(14)9(5-11(8)15)12(17)6-13(2,3)7-16/h4-5,12H,6-7,16-17H2,1-3H3. The molecule has 0 spiro atoms. The van der Waals surface area contributed by atoms with E-state index >= 15 is 0 Å². The molecule has 2 nitrogen and oxygen atoms in total. The molecule has 4 N–H and O–H groups in total. The highest BCUT2D eigenvalue weighted by molar-refractivity contribution is 6.31. The highest BCUT2D eigenvalue weighted by Gasteiger charge is 2.22. The van der Waals surface area contributed by atoms with Crippen molar-refractivity contribution in [2.24, 2.45) is 16.9 Å².